The van der Waals surface area contributed by atoms with Gasteiger partial charge in [-0.15, -0.1) is 0 Å². The lowest BCUT2D eigenvalue weighted by Crippen LogP contribution is -2.38. The molecule has 4 nitrogen and oxygen atoms in total. The van der Waals surface area contributed by atoms with E-state index in [1.807, 2.05) is 6.92 Å². The molecule has 0 radical (unpaired) electrons. The predicted octanol–water partition coefficient (Wildman–Crippen LogP) is 2.19. The molecule has 106 valence electrons. The van der Waals surface area contributed by atoms with Crippen LogP contribution in [-0.4, -0.2) is 30.3 Å². The molecule has 0 fully saturated rings. The molecule has 0 saturated heterocycles. The Hall–Kier alpha value is -1.69. The monoisotopic (exact) mass is 273 g/mol. The Kier molecular flexibility index (Phi) is 6.21. The van der Waals surface area contributed by atoms with Crippen molar-refractivity contribution in [3.8, 4) is 5.75 Å². The predicted molar refractivity (Wildman–Crippen MR) is 66.2 cm³/mol. The highest BCUT2D eigenvalue weighted by atomic mass is 19.1. The van der Waals surface area contributed by atoms with Gasteiger partial charge in [0.05, 0.1) is 6.61 Å². The zero-order chi connectivity index (χ0) is 14.3. The van der Waals surface area contributed by atoms with Crippen molar-refractivity contribution in [1.82, 2.24) is 5.32 Å². The van der Waals surface area contributed by atoms with Crippen LogP contribution >= 0.6 is 0 Å². The summed E-state index contributed by atoms with van der Waals surface area (Å²) in [6.07, 6.45) is 1.02. The first-order chi connectivity index (χ1) is 9.04. The summed E-state index contributed by atoms with van der Waals surface area (Å²) in [7, 11) is 0. The molecule has 1 unspecified atom stereocenters. The second kappa shape index (κ2) is 7.68. The molecule has 0 aromatic heterocycles. The summed E-state index contributed by atoms with van der Waals surface area (Å²) < 4.78 is 31.0. The minimum absolute atomic E-state index is 0.0379. The Morgan fingerprint density at radius 1 is 1.47 bits per heavy atom. The van der Waals surface area contributed by atoms with Gasteiger partial charge in [0.1, 0.15) is 11.9 Å². The number of benzene rings is 1. The third kappa shape index (κ3) is 5.21. The lowest BCUT2D eigenvalue weighted by atomic mass is 10.2. The number of rotatable bonds is 8. The van der Waals surface area contributed by atoms with E-state index in [0.717, 1.165) is 18.6 Å². The summed E-state index contributed by atoms with van der Waals surface area (Å²) in [5.41, 5.74) is 0. The molecule has 1 atom stereocenters. The van der Waals surface area contributed by atoms with Crippen LogP contribution in [0.2, 0.25) is 0 Å². The maximum atomic E-state index is 13.2. The van der Waals surface area contributed by atoms with E-state index < -0.39 is 23.6 Å². The Labute approximate surface area is 110 Å². The van der Waals surface area contributed by atoms with Crippen molar-refractivity contribution in [2.75, 3.05) is 13.2 Å². The topological polar surface area (TPSA) is 58.6 Å². The van der Waals surface area contributed by atoms with Crippen molar-refractivity contribution < 1.29 is 23.4 Å². The molecule has 0 saturated carbocycles. The Morgan fingerprint density at radius 3 is 2.79 bits per heavy atom. The van der Waals surface area contributed by atoms with Crippen LogP contribution in [0, 0.1) is 11.6 Å². The highest BCUT2D eigenvalue weighted by Gasteiger charge is 2.16. The molecule has 0 aliphatic carbocycles. The van der Waals surface area contributed by atoms with Gasteiger partial charge in [-0.1, -0.05) is 6.92 Å². The lowest BCUT2D eigenvalue weighted by Gasteiger charge is -2.14. The van der Waals surface area contributed by atoms with Crippen LogP contribution in [0.4, 0.5) is 8.78 Å². The van der Waals surface area contributed by atoms with Gasteiger partial charge in [0.25, 0.3) is 0 Å². The first-order valence-electron chi connectivity index (χ1n) is 6.08. The van der Waals surface area contributed by atoms with Crippen molar-refractivity contribution in [3.05, 3.63) is 29.8 Å². The van der Waals surface area contributed by atoms with E-state index in [2.05, 4.69) is 5.32 Å². The highest BCUT2D eigenvalue weighted by Crippen LogP contribution is 2.17. The summed E-state index contributed by atoms with van der Waals surface area (Å²) >= 11 is 0. The normalized spacial score (nSPS) is 12.2. The Bertz CT molecular complexity index is 426. The summed E-state index contributed by atoms with van der Waals surface area (Å²) in [6, 6.07) is 2.25. The minimum atomic E-state index is -0.975. The smallest absolute Gasteiger partial charge is 0.320 e. The molecular formula is C13H17F2NO3. The third-order valence-electron chi connectivity index (χ3n) is 2.50. The van der Waals surface area contributed by atoms with Crippen molar-refractivity contribution in [3.63, 3.8) is 0 Å². The first-order valence-corrected chi connectivity index (χ1v) is 6.08. The molecule has 1 rings (SSSR count). The number of nitrogens with one attached hydrogen (secondary N) is 1. The number of hydrogen-bond donors (Lipinski definition) is 2. The maximum Gasteiger partial charge on any atom is 0.320 e. The van der Waals surface area contributed by atoms with Gasteiger partial charge in [0.2, 0.25) is 0 Å². The number of carbonyl (C=O) groups is 1. The van der Waals surface area contributed by atoms with Crippen LogP contribution in [0.15, 0.2) is 18.2 Å². The van der Waals surface area contributed by atoms with Crippen LogP contribution in [0.3, 0.4) is 0 Å². The molecule has 2 N–H and O–H groups in total. The van der Waals surface area contributed by atoms with Crippen LogP contribution < -0.4 is 10.1 Å². The van der Waals surface area contributed by atoms with E-state index in [1.165, 1.54) is 6.07 Å². The van der Waals surface area contributed by atoms with E-state index >= 15 is 0 Å². The van der Waals surface area contributed by atoms with Crippen LogP contribution in [0.25, 0.3) is 0 Å². The van der Waals surface area contributed by atoms with E-state index in [9.17, 15) is 13.6 Å². The van der Waals surface area contributed by atoms with Gasteiger partial charge in [-0.3, -0.25) is 4.79 Å². The van der Waals surface area contributed by atoms with E-state index in [1.54, 1.807) is 0 Å². The van der Waals surface area contributed by atoms with Crippen LogP contribution in [0.5, 0.6) is 5.75 Å². The van der Waals surface area contributed by atoms with Gasteiger partial charge in [0, 0.05) is 12.5 Å². The number of carboxylic acids is 1. The number of halogens is 2. The molecule has 6 heteroatoms. The molecular weight excluding hydrogens is 256 g/mol. The van der Waals surface area contributed by atoms with Crippen LogP contribution in [0.1, 0.15) is 19.8 Å². The molecule has 0 amide bonds. The first kappa shape index (κ1) is 15.4. The van der Waals surface area contributed by atoms with Crippen molar-refractivity contribution >= 4 is 5.97 Å². The van der Waals surface area contributed by atoms with Gasteiger partial charge >= 0.3 is 5.97 Å². The maximum absolute atomic E-state index is 13.2. The lowest BCUT2D eigenvalue weighted by molar-refractivity contribution is -0.139. The standard InChI is InChI=1S/C13H17F2NO3/c1-2-6-16-11(13(17)18)5-7-19-12-4-3-9(14)8-10(12)15/h3-4,8,11,16H,2,5-7H2,1H3,(H,17,18). The summed E-state index contributed by atoms with van der Waals surface area (Å²) in [4.78, 5) is 10.9. The van der Waals surface area contributed by atoms with Gasteiger partial charge in [-0.25, -0.2) is 8.78 Å². The number of ether oxygens (including phenoxy) is 1. The average Bonchev–Trinajstić information content (AvgIpc) is 2.35. The third-order valence-corrected chi connectivity index (χ3v) is 2.50. The molecule has 0 heterocycles. The van der Waals surface area contributed by atoms with Crippen molar-refractivity contribution in [1.29, 1.82) is 0 Å². The van der Waals surface area contributed by atoms with Crippen LogP contribution in [-0.2, 0) is 4.79 Å². The molecule has 0 bridgehead atoms. The fourth-order valence-electron chi connectivity index (χ4n) is 1.51. The van der Waals surface area contributed by atoms with Crippen molar-refractivity contribution in [2.24, 2.45) is 0 Å². The SMILES string of the molecule is CCCNC(CCOc1ccc(F)cc1F)C(=O)O. The number of carboxylic acid groups (broad SMARTS) is 1. The van der Waals surface area contributed by atoms with Gasteiger partial charge in [-0.2, -0.15) is 0 Å². The fraction of sp³-hybridized carbons (Fsp3) is 0.462. The molecule has 1 aromatic rings. The fourth-order valence-corrected chi connectivity index (χ4v) is 1.51. The highest BCUT2D eigenvalue weighted by molar-refractivity contribution is 5.73. The molecule has 19 heavy (non-hydrogen) atoms. The Morgan fingerprint density at radius 2 is 2.21 bits per heavy atom. The number of aliphatic carboxylic acids is 1. The minimum Gasteiger partial charge on any atom is -0.490 e. The summed E-state index contributed by atoms with van der Waals surface area (Å²) in [5, 5.41) is 11.8. The van der Waals surface area contributed by atoms with Gasteiger partial charge in [0.15, 0.2) is 11.6 Å². The quantitative estimate of drug-likeness (QED) is 0.762. The van der Waals surface area contributed by atoms with Gasteiger partial charge < -0.3 is 15.2 Å². The summed E-state index contributed by atoms with van der Waals surface area (Å²) in [6.45, 7) is 2.55. The van der Waals surface area contributed by atoms with E-state index in [4.69, 9.17) is 9.84 Å². The largest absolute Gasteiger partial charge is 0.490 e. The molecule has 0 spiro atoms. The average molecular weight is 273 g/mol. The van der Waals surface area contributed by atoms with Crippen molar-refractivity contribution in [2.45, 2.75) is 25.8 Å². The Balaban J connectivity index is 2.45. The zero-order valence-electron chi connectivity index (χ0n) is 10.7. The van der Waals surface area contributed by atoms with E-state index in [-0.39, 0.29) is 18.8 Å². The van der Waals surface area contributed by atoms with E-state index in [0.29, 0.717) is 6.54 Å². The second-order valence-corrected chi connectivity index (χ2v) is 4.06. The molecule has 0 aliphatic rings. The zero-order valence-corrected chi connectivity index (χ0v) is 10.7. The second-order valence-electron chi connectivity index (χ2n) is 4.06. The molecule has 0 aliphatic heterocycles. The molecule has 1 aromatic carbocycles. The number of hydrogen-bond acceptors (Lipinski definition) is 3. The van der Waals surface area contributed by atoms with Gasteiger partial charge in [-0.05, 0) is 25.1 Å². The summed E-state index contributed by atoms with van der Waals surface area (Å²) in [5.74, 6) is -2.54.